The van der Waals surface area contributed by atoms with Crippen molar-refractivity contribution in [2.24, 2.45) is 0 Å². The predicted octanol–water partition coefficient (Wildman–Crippen LogP) is 4.77. The van der Waals surface area contributed by atoms with Gasteiger partial charge in [0.2, 0.25) is 0 Å². The smallest absolute Gasteiger partial charge is 0.340 e. The van der Waals surface area contributed by atoms with Crippen molar-refractivity contribution in [1.29, 1.82) is 0 Å². The molecule has 0 amide bonds. The minimum absolute atomic E-state index is 0.237. The van der Waals surface area contributed by atoms with E-state index in [1.54, 1.807) is 6.07 Å². The number of nitrogens with one attached hydrogen (secondary N) is 1. The van der Waals surface area contributed by atoms with Crippen molar-refractivity contribution in [3.8, 4) is 0 Å². The number of hydrogen-bond acceptors (Lipinski definition) is 3. The van der Waals surface area contributed by atoms with Crippen molar-refractivity contribution < 1.29 is 13.9 Å². The third-order valence-corrected chi connectivity index (χ3v) is 3.53. The summed E-state index contributed by atoms with van der Waals surface area (Å²) in [4.78, 5) is 11.7. The summed E-state index contributed by atoms with van der Waals surface area (Å²) in [5.41, 5.74) is 0.875. The fraction of sp³-hybridized carbons (Fsp3) is 0.588. The molecule has 1 unspecified atom stereocenters. The van der Waals surface area contributed by atoms with Crippen LogP contribution in [0.1, 0.15) is 62.7 Å². The third kappa shape index (κ3) is 6.15. The largest absolute Gasteiger partial charge is 0.465 e. The van der Waals surface area contributed by atoms with Crippen LogP contribution in [0.2, 0.25) is 0 Å². The lowest BCUT2D eigenvalue weighted by Gasteiger charge is -2.17. The summed E-state index contributed by atoms with van der Waals surface area (Å²) < 4.78 is 18.0. The molecule has 0 aromatic heterocycles. The third-order valence-electron chi connectivity index (χ3n) is 3.53. The molecule has 118 valence electrons. The summed E-state index contributed by atoms with van der Waals surface area (Å²) in [5.74, 6) is -0.958. The Morgan fingerprint density at radius 2 is 2.00 bits per heavy atom. The van der Waals surface area contributed by atoms with E-state index in [9.17, 15) is 9.18 Å². The molecular formula is C17H26FNO2. The number of halogens is 1. The quantitative estimate of drug-likeness (QED) is 0.526. The van der Waals surface area contributed by atoms with Gasteiger partial charge in [0.15, 0.2) is 0 Å². The molecule has 0 bridgehead atoms. The SMILES string of the molecule is CCCCCCCC(C)Nc1ccc(F)cc1C(=O)OC. The van der Waals surface area contributed by atoms with E-state index >= 15 is 0 Å². The number of hydrogen-bond donors (Lipinski definition) is 1. The van der Waals surface area contributed by atoms with Crippen molar-refractivity contribution >= 4 is 11.7 Å². The predicted molar refractivity (Wildman–Crippen MR) is 84.2 cm³/mol. The molecule has 0 saturated carbocycles. The molecule has 21 heavy (non-hydrogen) atoms. The standard InChI is InChI=1S/C17H26FNO2/c1-4-5-6-7-8-9-13(2)19-16-11-10-14(18)12-15(16)17(20)21-3/h10-13,19H,4-9H2,1-3H3. The Balaban J connectivity index is 2.55. The van der Waals surface area contributed by atoms with Gasteiger partial charge in [0.25, 0.3) is 0 Å². The highest BCUT2D eigenvalue weighted by Gasteiger charge is 2.14. The lowest BCUT2D eigenvalue weighted by molar-refractivity contribution is 0.0601. The number of benzene rings is 1. The molecule has 0 saturated heterocycles. The molecule has 0 heterocycles. The van der Waals surface area contributed by atoms with Gasteiger partial charge in [-0.05, 0) is 31.5 Å². The van der Waals surface area contributed by atoms with E-state index in [4.69, 9.17) is 4.74 Å². The zero-order chi connectivity index (χ0) is 15.7. The molecule has 1 aromatic carbocycles. The normalized spacial score (nSPS) is 12.0. The monoisotopic (exact) mass is 295 g/mol. The maximum atomic E-state index is 13.3. The van der Waals surface area contributed by atoms with Crippen LogP contribution in [0, 0.1) is 5.82 Å². The Morgan fingerprint density at radius 1 is 1.29 bits per heavy atom. The maximum Gasteiger partial charge on any atom is 0.340 e. The Bertz CT molecular complexity index is 448. The highest BCUT2D eigenvalue weighted by Crippen LogP contribution is 2.20. The van der Waals surface area contributed by atoms with Crippen molar-refractivity contribution in [2.45, 2.75) is 58.4 Å². The van der Waals surface area contributed by atoms with Crippen LogP contribution in [0.5, 0.6) is 0 Å². The summed E-state index contributed by atoms with van der Waals surface area (Å²) in [5, 5.41) is 3.28. The number of methoxy groups -OCH3 is 1. The van der Waals surface area contributed by atoms with Crippen LogP contribution < -0.4 is 5.32 Å². The first-order valence-corrected chi connectivity index (χ1v) is 7.72. The number of ether oxygens (including phenoxy) is 1. The van der Waals surface area contributed by atoms with E-state index in [1.807, 2.05) is 0 Å². The average molecular weight is 295 g/mol. The average Bonchev–Trinajstić information content (AvgIpc) is 2.48. The number of carbonyl (C=O) groups is 1. The van der Waals surface area contributed by atoms with Gasteiger partial charge < -0.3 is 10.1 Å². The molecule has 0 fully saturated rings. The first-order valence-electron chi connectivity index (χ1n) is 7.72. The maximum absolute atomic E-state index is 13.3. The highest BCUT2D eigenvalue weighted by molar-refractivity contribution is 5.95. The van der Waals surface area contributed by atoms with E-state index in [-0.39, 0.29) is 11.6 Å². The second kappa shape index (κ2) is 9.37. The van der Waals surface area contributed by atoms with Crippen LogP contribution in [0.3, 0.4) is 0 Å². The van der Waals surface area contributed by atoms with Gasteiger partial charge >= 0.3 is 5.97 Å². The highest BCUT2D eigenvalue weighted by atomic mass is 19.1. The van der Waals surface area contributed by atoms with Gasteiger partial charge in [-0.25, -0.2) is 9.18 Å². The molecule has 3 nitrogen and oxygen atoms in total. The first kappa shape index (κ1) is 17.5. The van der Waals surface area contributed by atoms with E-state index < -0.39 is 11.8 Å². The number of rotatable bonds is 9. The zero-order valence-corrected chi connectivity index (χ0v) is 13.2. The topological polar surface area (TPSA) is 38.3 Å². The molecule has 0 aliphatic rings. The molecule has 1 N–H and O–H groups in total. The summed E-state index contributed by atoms with van der Waals surface area (Å²) in [7, 11) is 1.30. The van der Waals surface area contributed by atoms with Crippen LogP contribution in [0.4, 0.5) is 10.1 Å². The minimum Gasteiger partial charge on any atom is -0.465 e. The summed E-state index contributed by atoms with van der Waals surface area (Å²) in [6, 6.07) is 4.39. The first-order chi connectivity index (χ1) is 10.1. The Labute approximate surface area is 126 Å². The van der Waals surface area contributed by atoms with Crippen molar-refractivity contribution in [1.82, 2.24) is 0 Å². The van der Waals surface area contributed by atoms with Crippen LogP contribution in [0.15, 0.2) is 18.2 Å². The van der Waals surface area contributed by atoms with Crippen molar-refractivity contribution in [3.05, 3.63) is 29.6 Å². The number of unbranched alkanes of at least 4 members (excludes halogenated alkanes) is 4. The molecular weight excluding hydrogens is 269 g/mol. The molecule has 1 atom stereocenters. The minimum atomic E-state index is -0.521. The van der Waals surface area contributed by atoms with Crippen molar-refractivity contribution in [2.75, 3.05) is 12.4 Å². The molecule has 0 aliphatic carbocycles. The van der Waals surface area contributed by atoms with Gasteiger partial charge in [-0.3, -0.25) is 0 Å². The van der Waals surface area contributed by atoms with Crippen LogP contribution >= 0.6 is 0 Å². The second-order valence-corrected chi connectivity index (χ2v) is 5.43. The van der Waals surface area contributed by atoms with Crippen LogP contribution in [0.25, 0.3) is 0 Å². The molecule has 1 aromatic rings. The van der Waals surface area contributed by atoms with Gasteiger partial charge in [-0.2, -0.15) is 0 Å². The summed E-state index contributed by atoms with van der Waals surface area (Å²) in [6.07, 6.45) is 7.21. The Hall–Kier alpha value is -1.58. The number of carbonyl (C=O) groups excluding carboxylic acids is 1. The van der Waals surface area contributed by atoms with E-state index in [1.165, 1.54) is 44.9 Å². The molecule has 1 rings (SSSR count). The fourth-order valence-electron chi connectivity index (χ4n) is 2.31. The fourth-order valence-corrected chi connectivity index (χ4v) is 2.31. The van der Waals surface area contributed by atoms with Crippen molar-refractivity contribution in [3.63, 3.8) is 0 Å². The van der Waals surface area contributed by atoms with E-state index in [2.05, 4.69) is 19.2 Å². The van der Waals surface area contributed by atoms with Crippen LogP contribution in [-0.2, 0) is 4.74 Å². The molecule has 0 radical (unpaired) electrons. The zero-order valence-electron chi connectivity index (χ0n) is 13.2. The second-order valence-electron chi connectivity index (χ2n) is 5.43. The van der Waals surface area contributed by atoms with Crippen LogP contribution in [-0.4, -0.2) is 19.1 Å². The molecule has 4 heteroatoms. The van der Waals surface area contributed by atoms with Gasteiger partial charge in [0.05, 0.1) is 12.7 Å². The van der Waals surface area contributed by atoms with Gasteiger partial charge in [-0.1, -0.05) is 39.0 Å². The Kier molecular flexibility index (Phi) is 7.80. The van der Waals surface area contributed by atoms with E-state index in [0.717, 1.165) is 12.8 Å². The lowest BCUT2D eigenvalue weighted by atomic mass is 10.1. The van der Waals surface area contributed by atoms with Gasteiger partial charge in [0.1, 0.15) is 5.82 Å². The summed E-state index contributed by atoms with van der Waals surface area (Å²) >= 11 is 0. The molecule has 0 aliphatic heterocycles. The lowest BCUT2D eigenvalue weighted by Crippen LogP contribution is -2.18. The van der Waals surface area contributed by atoms with E-state index in [0.29, 0.717) is 5.69 Å². The molecule has 0 spiro atoms. The number of esters is 1. The van der Waals surface area contributed by atoms with Gasteiger partial charge in [0, 0.05) is 11.7 Å². The van der Waals surface area contributed by atoms with Gasteiger partial charge in [-0.15, -0.1) is 0 Å². The Morgan fingerprint density at radius 3 is 2.67 bits per heavy atom. The number of anilines is 1. The summed E-state index contributed by atoms with van der Waals surface area (Å²) in [6.45, 7) is 4.28.